The van der Waals surface area contributed by atoms with Crippen LogP contribution in [0.3, 0.4) is 0 Å². The molecular weight excluding hydrogens is 414 g/mol. The first-order valence-electron chi connectivity index (χ1n) is 10.1. The van der Waals surface area contributed by atoms with Gasteiger partial charge in [0.15, 0.2) is 0 Å². The van der Waals surface area contributed by atoms with Crippen LogP contribution in [0.2, 0.25) is 5.02 Å². The number of hydrogen-bond donors (Lipinski definition) is 1. The molecule has 0 unspecified atom stereocenters. The second-order valence-corrected chi connectivity index (χ2v) is 8.24. The van der Waals surface area contributed by atoms with E-state index < -0.39 is 0 Å². The van der Waals surface area contributed by atoms with Gasteiger partial charge in [0, 0.05) is 37.4 Å². The molecule has 1 N–H and O–H groups in total. The van der Waals surface area contributed by atoms with Crippen LogP contribution in [0.4, 0.5) is 5.69 Å². The van der Waals surface area contributed by atoms with Gasteiger partial charge in [-0.05, 0) is 41.8 Å². The minimum atomic E-state index is -0.212. The summed E-state index contributed by atoms with van der Waals surface area (Å²) in [4.78, 5) is 22.6. The molecule has 8 heteroatoms. The van der Waals surface area contributed by atoms with Gasteiger partial charge < -0.3 is 19.5 Å². The van der Waals surface area contributed by atoms with E-state index >= 15 is 0 Å². The van der Waals surface area contributed by atoms with Crippen LogP contribution >= 0.6 is 11.6 Å². The van der Waals surface area contributed by atoms with Crippen molar-refractivity contribution in [1.29, 1.82) is 0 Å². The molecule has 1 amide bonds. The summed E-state index contributed by atoms with van der Waals surface area (Å²) in [5.74, 6) is 1.10. The summed E-state index contributed by atoms with van der Waals surface area (Å²) < 4.78 is 8.13. The van der Waals surface area contributed by atoms with Crippen molar-refractivity contribution in [2.45, 2.75) is 32.1 Å². The molecule has 0 radical (unpaired) electrons. The third-order valence-corrected chi connectivity index (χ3v) is 5.87. The number of rotatable bonds is 0. The number of aromatic nitrogens is 2. The minimum Gasteiger partial charge on any atom is -0.468 e. The van der Waals surface area contributed by atoms with E-state index in [0.29, 0.717) is 48.4 Å². The molecule has 0 spiro atoms. The highest BCUT2D eigenvalue weighted by atomic mass is 35.5. The maximum Gasteiger partial charge on any atom is 0.240 e. The molecule has 1 saturated heterocycles. The van der Waals surface area contributed by atoms with Gasteiger partial charge >= 0.3 is 0 Å². The van der Waals surface area contributed by atoms with E-state index in [4.69, 9.17) is 22.9 Å². The van der Waals surface area contributed by atoms with Crippen LogP contribution in [0, 0.1) is 6.57 Å². The van der Waals surface area contributed by atoms with E-state index in [9.17, 15) is 4.79 Å². The Balaban J connectivity index is 1.58. The summed E-state index contributed by atoms with van der Waals surface area (Å²) in [5, 5.41) is 3.91. The van der Waals surface area contributed by atoms with Crippen molar-refractivity contribution in [3.63, 3.8) is 0 Å². The van der Waals surface area contributed by atoms with Crippen LogP contribution in [-0.2, 0) is 24.4 Å². The van der Waals surface area contributed by atoms with Gasteiger partial charge in [0.2, 0.25) is 11.6 Å². The number of hydrogen-bond acceptors (Lipinski definition) is 4. The quantitative estimate of drug-likeness (QED) is 0.541. The molecule has 5 rings (SSSR count). The molecule has 1 fully saturated rings. The fraction of sp³-hybridized carbons (Fsp3) is 0.261. The molecule has 1 atom stereocenters. The number of halogens is 1. The normalized spacial score (nSPS) is 18.3. The molecule has 2 aliphatic heterocycles. The lowest BCUT2D eigenvalue weighted by Crippen LogP contribution is -2.38. The van der Waals surface area contributed by atoms with Crippen molar-refractivity contribution >= 4 is 23.2 Å². The first-order chi connectivity index (χ1) is 15.1. The number of nitrogens with one attached hydrogen (secondary N) is 1. The first-order valence-corrected chi connectivity index (χ1v) is 10.5. The lowest BCUT2D eigenvalue weighted by atomic mass is 10.1. The van der Waals surface area contributed by atoms with Crippen molar-refractivity contribution < 1.29 is 9.53 Å². The molecule has 1 aromatic heterocycles. The minimum absolute atomic E-state index is 0.0844. The molecular formula is C23H20ClN5O2. The fourth-order valence-electron chi connectivity index (χ4n) is 4.10. The van der Waals surface area contributed by atoms with E-state index in [2.05, 4.69) is 15.1 Å². The zero-order valence-corrected chi connectivity index (χ0v) is 17.5. The Hall–Kier alpha value is -3.34. The Morgan fingerprint density at radius 2 is 2.10 bits per heavy atom. The van der Waals surface area contributed by atoms with E-state index in [1.54, 1.807) is 18.5 Å². The topological polar surface area (TPSA) is 63.8 Å². The van der Waals surface area contributed by atoms with Crippen LogP contribution in [-0.4, -0.2) is 32.9 Å². The van der Waals surface area contributed by atoms with Crippen LogP contribution in [0.1, 0.15) is 23.2 Å². The number of carbonyl (C=O) groups is 1. The van der Waals surface area contributed by atoms with E-state index in [0.717, 1.165) is 23.2 Å². The summed E-state index contributed by atoms with van der Waals surface area (Å²) in [6, 6.07) is 10.8. The molecule has 2 aliphatic rings. The Kier molecular flexibility index (Phi) is 5.10. The zero-order chi connectivity index (χ0) is 21.4. The summed E-state index contributed by atoms with van der Waals surface area (Å²) >= 11 is 6.34. The number of benzene rings is 2. The first kappa shape index (κ1) is 19.6. The van der Waals surface area contributed by atoms with Gasteiger partial charge in [-0.25, -0.2) is 9.83 Å². The lowest BCUT2D eigenvalue weighted by Gasteiger charge is -2.19. The Bertz CT molecular complexity index is 1200. The molecule has 3 heterocycles. The van der Waals surface area contributed by atoms with Crippen molar-refractivity contribution in [3.05, 3.63) is 82.2 Å². The van der Waals surface area contributed by atoms with Gasteiger partial charge in [-0.1, -0.05) is 23.7 Å². The second kappa shape index (κ2) is 8.06. The predicted molar refractivity (Wildman–Crippen MR) is 116 cm³/mol. The Morgan fingerprint density at radius 1 is 1.19 bits per heavy atom. The molecule has 156 valence electrons. The number of ether oxygens (including phenoxy) is 1. The third-order valence-electron chi connectivity index (χ3n) is 5.66. The molecule has 0 saturated carbocycles. The number of amides is 1. The van der Waals surface area contributed by atoms with Gasteiger partial charge in [0.05, 0.1) is 24.6 Å². The van der Waals surface area contributed by atoms with Crippen LogP contribution in [0.15, 0.2) is 48.9 Å². The fourth-order valence-corrected chi connectivity index (χ4v) is 4.34. The second-order valence-electron chi connectivity index (χ2n) is 7.81. The molecule has 3 aromatic rings. The third kappa shape index (κ3) is 4.00. The van der Waals surface area contributed by atoms with Gasteiger partial charge in [-0.2, -0.15) is 0 Å². The smallest absolute Gasteiger partial charge is 0.240 e. The SMILES string of the molecule is [C-]#[N+]c1ccc2cc1Oc1cc(Cl)cc(c1)CN1CC[C@@H](NCc3cncn3C2)C1=O. The molecule has 6 bridgehead atoms. The van der Waals surface area contributed by atoms with Gasteiger partial charge in [-0.15, -0.1) is 0 Å². The van der Waals surface area contributed by atoms with Crippen molar-refractivity contribution in [2.75, 3.05) is 6.54 Å². The number of imidazole rings is 1. The highest BCUT2D eigenvalue weighted by Crippen LogP contribution is 2.35. The molecule has 31 heavy (non-hydrogen) atoms. The van der Waals surface area contributed by atoms with Crippen molar-refractivity contribution in [3.8, 4) is 11.5 Å². The van der Waals surface area contributed by atoms with E-state index in [-0.39, 0.29) is 11.9 Å². The van der Waals surface area contributed by atoms with Gasteiger partial charge in [0.25, 0.3) is 0 Å². The van der Waals surface area contributed by atoms with E-state index in [1.807, 2.05) is 39.9 Å². The largest absolute Gasteiger partial charge is 0.468 e. The average Bonchev–Trinajstić information content (AvgIpc) is 3.32. The standard InChI is InChI=1S/C23H20ClN5O2/c1-25-20-3-2-15-8-22(20)31-19-7-16(6-17(24)9-19)13-28-5-4-21(23(28)30)27-11-18-10-26-14-29(18)12-15/h2-3,6-10,14,21,27H,4-5,11-13H2/t21-/m1/s1. The summed E-state index contributed by atoms with van der Waals surface area (Å²) in [7, 11) is 0. The summed E-state index contributed by atoms with van der Waals surface area (Å²) in [5.41, 5.74) is 3.30. The van der Waals surface area contributed by atoms with Crippen LogP contribution < -0.4 is 10.1 Å². The maximum absolute atomic E-state index is 12.9. The number of nitrogens with zero attached hydrogens (tertiary/aromatic N) is 4. The summed E-state index contributed by atoms with van der Waals surface area (Å²) in [6.07, 6.45) is 4.34. The predicted octanol–water partition coefficient (Wildman–Crippen LogP) is 4.13. The van der Waals surface area contributed by atoms with Crippen LogP contribution in [0.5, 0.6) is 11.5 Å². The molecule has 2 aromatic carbocycles. The zero-order valence-electron chi connectivity index (χ0n) is 16.7. The summed E-state index contributed by atoms with van der Waals surface area (Å²) in [6.45, 7) is 9.77. The number of fused-ring (bicyclic) bond motifs is 7. The molecule has 7 nitrogen and oxygen atoms in total. The lowest BCUT2D eigenvalue weighted by molar-refractivity contribution is -0.129. The van der Waals surface area contributed by atoms with Crippen molar-refractivity contribution in [1.82, 2.24) is 19.8 Å². The van der Waals surface area contributed by atoms with Gasteiger partial charge in [0.1, 0.15) is 11.5 Å². The Morgan fingerprint density at radius 3 is 2.97 bits per heavy atom. The van der Waals surface area contributed by atoms with Crippen LogP contribution in [0.25, 0.3) is 4.85 Å². The van der Waals surface area contributed by atoms with E-state index in [1.165, 1.54) is 0 Å². The highest BCUT2D eigenvalue weighted by molar-refractivity contribution is 6.30. The number of carbonyl (C=O) groups excluding carboxylic acids is 1. The Labute approximate surface area is 185 Å². The maximum atomic E-state index is 12.9. The van der Waals surface area contributed by atoms with Crippen molar-refractivity contribution in [2.24, 2.45) is 0 Å². The highest BCUT2D eigenvalue weighted by Gasteiger charge is 2.31. The average molecular weight is 434 g/mol. The van der Waals surface area contributed by atoms with Gasteiger partial charge in [-0.3, -0.25) is 4.79 Å². The monoisotopic (exact) mass is 433 g/mol. The molecule has 0 aliphatic carbocycles.